The molecule has 2 aromatic carbocycles. The number of hydrogen-bond acceptors (Lipinski definition) is 5. The number of ether oxygens (including phenoxy) is 1. The molecule has 1 amide bonds. The summed E-state index contributed by atoms with van der Waals surface area (Å²) in [6.45, 7) is 0. The Morgan fingerprint density at radius 2 is 1.93 bits per heavy atom. The van der Waals surface area contributed by atoms with Gasteiger partial charge in [-0.1, -0.05) is 35.3 Å². The van der Waals surface area contributed by atoms with Crippen LogP contribution in [0.25, 0.3) is 0 Å². The lowest BCUT2D eigenvalue weighted by atomic mass is 10.2. The number of nitrogens with zero attached hydrogens (tertiary/aromatic N) is 2. The van der Waals surface area contributed by atoms with Crippen molar-refractivity contribution in [3.63, 3.8) is 0 Å². The van der Waals surface area contributed by atoms with Crippen molar-refractivity contribution in [2.24, 2.45) is 5.10 Å². The average Bonchev–Trinajstić information content (AvgIpc) is 2.68. The van der Waals surface area contributed by atoms with Crippen LogP contribution in [0.5, 0.6) is 5.75 Å². The summed E-state index contributed by atoms with van der Waals surface area (Å²) in [6.07, 6.45) is 4.44. The largest absolute Gasteiger partial charge is 0.423 e. The molecule has 140 valence electrons. The number of aromatic nitrogens is 1. The van der Waals surface area contributed by atoms with Crippen LogP contribution in [0.4, 0.5) is 0 Å². The zero-order valence-corrected chi connectivity index (χ0v) is 15.8. The van der Waals surface area contributed by atoms with Crippen molar-refractivity contribution in [3.8, 4) is 5.75 Å². The summed E-state index contributed by atoms with van der Waals surface area (Å²) in [7, 11) is 0. The zero-order chi connectivity index (χ0) is 19.9. The van der Waals surface area contributed by atoms with Gasteiger partial charge in [-0.15, -0.1) is 0 Å². The van der Waals surface area contributed by atoms with E-state index in [1.165, 1.54) is 24.5 Å². The smallest absolute Gasteiger partial charge is 0.345 e. The van der Waals surface area contributed by atoms with Crippen LogP contribution in [0.1, 0.15) is 26.3 Å². The third-order valence-electron chi connectivity index (χ3n) is 3.52. The van der Waals surface area contributed by atoms with Crippen LogP contribution >= 0.6 is 23.2 Å². The molecule has 6 nitrogen and oxygen atoms in total. The summed E-state index contributed by atoms with van der Waals surface area (Å²) in [5.41, 5.74) is 3.62. The first-order valence-corrected chi connectivity index (χ1v) is 8.79. The monoisotopic (exact) mass is 413 g/mol. The first-order valence-electron chi connectivity index (χ1n) is 8.03. The fourth-order valence-electron chi connectivity index (χ4n) is 2.20. The lowest BCUT2D eigenvalue weighted by Crippen LogP contribution is -2.17. The van der Waals surface area contributed by atoms with Crippen LogP contribution < -0.4 is 10.2 Å². The van der Waals surface area contributed by atoms with Gasteiger partial charge < -0.3 is 4.74 Å². The molecule has 1 N–H and O–H groups in total. The number of amides is 1. The normalized spacial score (nSPS) is 10.6. The third kappa shape index (κ3) is 5.16. The summed E-state index contributed by atoms with van der Waals surface area (Å²) in [4.78, 5) is 28.0. The van der Waals surface area contributed by atoms with Gasteiger partial charge in [-0.2, -0.15) is 5.10 Å². The highest BCUT2D eigenvalue weighted by Gasteiger charge is 2.13. The Morgan fingerprint density at radius 1 is 1.07 bits per heavy atom. The van der Waals surface area contributed by atoms with Gasteiger partial charge in [0.25, 0.3) is 5.91 Å². The molecule has 0 saturated carbocycles. The lowest BCUT2D eigenvalue weighted by molar-refractivity contribution is 0.0734. The van der Waals surface area contributed by atoms with Gasteiger partial charge in [-0.25, -0.2) is 10.2 Å². The lowest BCUT2D eigenvalue weighted by Gasteiger charge is -2.06. The number of halogens is 2. The highest BCUT2D eigenvalue weighted by atomic mass is 35.5. The fraction of sp³-hybridized carbons (Fsp3) is 0. The van der Waals surface area contributed by atoms with Gasteiger partial charge >= 0.3 is 5.97 Å². The molecule has 0 fully saturated rings. The van der Waals surface area contributed by atoms with E-state index in [-0.39, 0.29) is 16.5 Å². The number of pyridine rings is 1. The first kappa shape index (κ1) is 19.5. The molecule has 0 unspecified atom stereocenters. The first-order chi connectivity index (χ1) is 13.5. The molecular formula is C20H13Cl2N3O3. The molecule has 8 heteroatoms. The number of carbonyl (C=O) groups is 2. The van der Waals surface area contributed by atoms with E-state index in [2.05, 4.69) is 15.5 Å². The fourth-order valence-corrected chi connectivity index (χ4v) is 2.69. The van der Waals surface area contributed by atoms with E-state index in [0.717, 1.165) is 0 Å². The van der Waals surface area contributed by atoms with Crippen LogP contribution in [-0.2, 0) is 0 Å². The van der Waals surface area contributed by atoms with Gasteiger partial charge in [-0.3, -0.25) is 9.78 Å². The minimum atomic E-state index is -0.611. The maximum Gasteiger partial charge on any atom is 0.345 e. The molecule has 0 aliphatic heterocycles. The van der Waals surface area contributed by atoms with Gasteiger partial charge in [0.1, 0.15) is 5.75 Å². The predicted octanol–water partition coefficient (Wildman–Crippen LogP) is 4.37. The zero-order valence-electron chi connectivity index (χ0n) is 14.3. The Morgan fingerprint density at radius 3 is 2.68 bits per heavy atom. The molecule has 0 atom stereocenters. The number of esters is 1. The van der Waals surface area contributed by atoms with Gasteiger partial charge in [-0.05, 0) is 48.0 Å². The maximum absolute atomic E-state index is 12.3. The number of rotatable bonds is 5. The van der Waals surface area contributed by atoms with E-state index in [9.17, 15) is 9.59 Å². The Bertz CT molecular complexity index is 1040. The second-order valence-corrected chi connectivity index (χ2v) is 6.37. The van der Waals surface area contributed by atoms with Gasteiger partial charge in [0, 0.05) is 17.4 Å². The topological polar surface area (TPSA) is 80.6 Å². The van der Waals surface area contributed by atoms with Crippen molar-refractivity contribution in [3.05, 3.63) is 93.7 Å². The second kappa shape index (κ2) is 9.12. The molecule has 3 rings (SSSR count). The summed E-state index contributed by atoms with van der Waals surface area (Å²) < 4.78 is 5.33. The van der Waals surface area contributed by atoms with E-state index in [1.807, 2.05) is 0 Å². The highest BCUT2D eigenvalue weighted by molar-refractivity contribution is 6.36. The van der Waals surface area contributed by atoms with Crippen molar-refractivity contribution in [2.45, 2.75) is 0 Å². The standard InChI is InChI=1S/C20H13Cl2N3O3/c21-15-6-7-17(18(22)10-15)20(27)28-16-5-1-3-13(9-16)11-24-25-19(26)14-4-2-8-23-12-14/h1-12H,(H,25,26)/b24-11-. The van der Waals surface area contributed by atoms with Crippen LogP contribution in [0, 0.1) is 0 Å². The summed E-state index contributed by atoms with van der Waals surface area (Å²) in [6, 6.07) is 14.4. The summed E-state index contributed by atoms with van der Waals surface area (Å²) >= 11 is 11.8. The molecule has 3 aromatic rings. The van der Waals surface area contributed by atoms with Gasteiger partial charge in [0.05, 0.1) is 22.4 Å². The van der Waals surface area contributed by atoms with Crippen molar-refractivity contribution in [1.29, 1.82) is 0 Å². The number of benzene rings is 2. The molecular weight excluding hydrogens is 401 g/mol. The molecule has 0 aliphatic carbocycles. The summed E-state index contributed by atoms with van der Waals surface area (Å²) in [5.74, 6) is -0.691. The number of hydrogen-bond donors (Lipinski definition) is 1. The van der Waals surface area contributed by atoms with Gasteiger partial charge in [0.15, 0.2) is 0 Å². The minimum Gasteiger partial charge on any atom is -0.423 e. The highest BCUT2D eigenvalue weighted by Crippen LogP contribution is 2.23. The molecule has 0 aliphatic rings. The molecule has 0 bridgehead atoms. The second-order valence-electron chi connectivity index (χ2n) is 5.53. The molecule has 1 heterocycles. The average molecular weight is 414 g/mol. The number of carbonyl (C=O) groups excluding carboxylic acids is 2. The minimum absolute atomic E-state index is 0.202. The summed E-state index contributed by atoms with van der Waals surface area (Å²) in [5, 5.41) is 4.52. The van der Waals surface area contributed by atoms with Gasteiger partial charge in [0.2, 0.25) is 0 Å². The maximum atomic E-state index is 12.3. The van der Waals surface area contributed by atoms with Crippen LogP contribution in [0.2, 0.25) is 10.0 Å². The Kier molecular flexibility index (Phi) is 6.37. The predicted molar refractivity (Wildman–Crippen MR) is 107 cm³/mol. The van der Waals surface area contributed by atoms with Crippen LogP contribution in [0.3, 0.4) is 0 Å². The van der Waals surface area contributed by atoms with Crippen molar-refractivity contribution < 1.29 is 14.3 Å². The molecule has 0 radical (unpaired) electrons. The quantitative estimate of drug-likeness (QED) is 0.291. The van der Waals surface area contributed by atoms with E-state index < -0.39 is 5.97 Å². The Labute approximate surface area is 170 Å². The molecule has 1 aromatic heterocycles. The molecule has 0 spiro atoms. The third-order valence-corrected chi connectivity index (χ3v) is 4.07. The SMILES string of the molecule is O=C(N/N=C\c1cccc(OC(=O)c2ccc(Cl)cc2Cl)c1)c1cccnc1. The van der Waals surface area contributed by atoms with E-state index >= 15 is 0 Å². The number of nitrogens with one attached hydrogen (secondary N) is 1. The Hall–Kier alpha value is -3.22. The molecule has 0 saturated heterocycles. The van der Waals surface area contributed by atoms with E-state index in [1.54, 1.807) is 48.7 Å². The van der Waals surface area contributed by atoms with Crippen LogP contribution in [0.15, 0.2) is 72.1 Å². The number of hydrazone groups is 1. The van der Waals surface area contributed by atoms with Crippen LogP contribution in [-0.4, -0.2) is 23.1 Å². The van der Waals surface area contributed by atoms with Crippen molar-refractivity contribution in [1.82, 2.24) is 10.4 Å². The van der Waals surface area contributed by atoms with E-state index in [0.29, 0.717) is 21.9 Å². The molecule has 28 heavy (non-hydrogen) atoms. The van der Waals surface area contributed by atoms with Crippen molar-refractivity contribution >= 4 is 41.3 Å². The van der Waals surface area contributed by atoms with Crippen molar-refractivity contribution in [2.75, 3.05) is 0 Å². The Balaban J connectivity index is 1.65. The van der Waals surface area contributed by atoms with E-state index in [4.69, 9.17) is 27.9 Å².